The van der Waals surface area contributed by atoms with E-state index >= 15 is 0 Å². The number of ether oxygens (including phenoxy) is 1. The molecule has 6 fully saturated rings. The predicted molar refractivity (Wildman–Crippen MR) is 301 cm³/mol. The molecule has 4 aromatic carbocycles. The zero-order valence-electron chi connectivity index (χ0n) is 43.6. The Morgan fingerprint density at radius 1 is 0.512 bits per heavy atom. The summed E-state index contributed by atoms with van der Waals surface area (Å²) in [6.07, 6.45) is 8.53. The Morgan fingerprint density at radius 3 is 1.23 bits per heavy atom. The van der Waals surface area contributed by atoms with Gasteiger partial charge in [0.2, 0.25) is 0 Å². The van der Waals surface area contributed by atoms with E-state index in [4.69, 9.17) is 44.6 Å². The molecule has 3 spiro atoms. The molecular formula is C54H58Cl3N15O8. The third-order valence-corrected chi connectivity index (χ3v) is 16.8. The van der Waals surface area contributed by atoms with Crippen LogP contribution in [0.2, 0.25) is 15.1 Å². The number of aromatic nitrogens is 6. The van der Waals surface area contributed by atoms with Crippen LogP contribution in [-0.2, 0) is 25.7 Å². The van der Waals surface area contributed by atoms with E-state index in [9.17, 15) is 28.8 Å². The summed E-state index contributed by atoms with van der Waals surface area (Å²) in [6, 6.07) is 19.7. The maximum atomic E-state index is 13.2. The number of H-pyrrole nitrogens is 3. The van der Waals surface area contributed by atoms with Gasteiger partial charge in [-0.15, -0.1) is 0 Å². The number of fused-ring (bicyclic) bond motifs is 3. The van der Waals surface area contributed by atoms with Crippen molar-refractivity contribution in [2.75, 3.05) is 87.4 Å². The Hall–Kier alpha value is -7.70. The zero-order valence-corrected chi connectivity index (χ0v) is 45.8. The monoisotopic (exact) mass is 1150 g/mol. The summed E-state index contributed by atoms with van der Waals surface area (Å²) in [5, 5.41) is 43.7. The van der Waals surface area contributed by atoms with Crippen molar-refractivity contribution in [3.63, 3.8) is 0 Å². The number of nitrogens with zero attached hydrogens (tertiary/aromatic N) is 9. The van der Waals surface area contributed by atoms with Gasteiger partial charge in [0.05, 0.1) is 68.0 Å². The number of aliphatic hydroxyl groups excluding tert-OH is 1. The van der Waals surface area contributed by atoms with Crippen LogP contribution in [0.25, 0.3) is 32.7 Å². The number of aromatic amines is 3. The number of imide groups is 3. The maximum Gasteiger partial charge on any atom is 0.325 e. The van der Waals surface area contributed by atoms with E-state index in [1.54, 1.807) is 25.7 Å². The first-order chi connectivity index (χ1) is 38.6. The number of aliphatic hydroxyl groups is 1. The number of halogens is 3. The number of rotatable bonds is 10. The number of methoxy groups -OCH3 is 1. The molecule has 0 saturated carbocycles. The number of β-amino-alcohol motifs (C(OH)–C–C–N with tert-alkyl or cyclic N) is 1. The predicted octanol–water partition coefficient (Wildman–Crippen LogP) is 6.16. The Morgan fingerprint density at radius 2 is 0.863 bits per heavy atom. The van der Waals surface area contributed by atoms with E-state index < -0.39 is 22.6 Å². The molecule has 9 amide bonds. The summed E-state index contributed by atoms with van der Waals surface area (Å²) in [4.78, 5) is 85.6. The summed E-state index contributed by atoms with van der Waals surface area (Å²) >= 11 is 18.7. The molecule has 80 heavy (non-hydrogen) atoms. The number of hydrogen-bond acceptors (Lipinski definition) is 14. The molecule has 418 valence electrons. The summed E-state index contributed by atoms with van der Waals surface area (Å²) in [5.74, 6) is -0.532. The SMILES string of the molecule is COCCN1C(=O)NC2(CCN(c3cc(Cl)cc4[nH]ncc34)CC2)C1=O.O=C1NC2(CCN(c3cc(Cl)cc4[nH]ncc34)CC2)C(=O)N1CCO.O=C1NC2(CCN(c3cc(Cl)cc4[nH]ncc34)CC2)C(=O)N1Cc1ccccc1. The largest absolute Gasteiger partial charge is 0.395 e. The minimum absolute atomic E-state index is 0.0278. The molecule has 6 aliphatic heterocycles. The number of carbonyl (C=O) groups excluding carboxylic acids is 6. The fourth-order valence-corrected chi connectivity index (χ4v) is 12.4. The van der Waals surface area contributed by atoms with Crippen molar-refractivity contribution >= 4 is 120 Å². The highest BCUT2D eigenvalue weighted by molar-refractivity contribution is 6.32. The molecule has 13 rings (SSSR count). The zero-order chi connectivity index (χ0) is 55.9. The normalized spacial score (nSPS) is 19.4. The minimum Gasteiger partial charge on any atom is -0.395 e. The molecule has 0 radical (unpaired) electrons. The molecule has 6 saturated heterocycles. The van der Waals surface area contributed by atoms with Crippen LogP contribution in [0.15, 0.2) is 85.3 Å². The number of nitrogens with one attached hydrogen (secondary N) is 6. The van der Waals surface area contributed by atoms with Crippen LogP contribution in [-0.4, -0.2) is 176 Å². The second-order valence-corrected chi connectivity index (χ2v) is 22.1. The first kappa shape index (κ1) is 54.3. The van der Waals surface area contributed by atoms with Crippen molar-refractivity contribution in [1.82, 2.24) is 61.2 Å². The summed E-state index contributed by atoms with van der Waals surface area (Å²) in [7, 11) is 1.55. The standard InChI is InChI=1S/C21H20ClN5O2.C17H20ClN5O3.C16H18ClN5O3/c22-15-10-17-16(12-23-25-17)18(11-15)26-8-6-21(7-9-26)19(28)27(20(29)24-21)13-14-4-2-1-3-5-14;1-26-7-6-23-15(24)17(20-16(23)25)2-4-22(5-3-17)14-9-11(18)8-13-12(14)10-19-21-13;17-10-7-12-11(9-18-20-12)13(8-10)21-3-1-16(2-4-21)14(24)22(5-6-23)15(25)19-16/h1-5,10-12H,6-9,13H2,(H,23,25)(H,24,29);8-10H,2-7H2,1H3,(H,19,21)(H,20,25);7-9,23H,1-6H2,(H,18,20)(H,19,25). The molecule has 6 aliphatic rings. The highest BCUT2D eigenvalue weighted by Crippen LogP contribution is 2.39. The molecule has 7 N–H and O–H groups in total. The van der Waals surface area contributed by atoms with Gasteiger partial charge in [0.1, 0.15) is 16.6 Å². The van der Waals surface area contributed by atoms with Gasteiger partial charge in [-0.3, -0.25) is 44.4 Å². The quantitative estimate of drug-likeness (QED) is 0.0757. The van der Waals surface area contributed by atoms with Crippen LogP contribution in [0.4, 0.5) is 31.4 Å². The van der Waals surface area contributed by atoms with Crippen molar-refractivity contribution in [2.24, 2.45) is 0 Å². The lowest BCUT2D eigenvalue weighted by Crippen LogP contribution is -2.55. The van der Waals surface area contributed by atoms with Crippen LogP contribution in [0.1, 0.15) is 44.1 Å². The fourth-order valence-electron chi connectivity index (χ4n) is 11.8. The van der Waals surface area contributed by atoms with Gasteiger partial charge in [-0.2, -0.15) is 15.3 Å². The molecule has 9 heterocycles. The second kappa shape index (κ2) is 22.1. The highest BCUT2D eigenvalue weighted by atomic mass is 35.5. The van der Waals surface area contributed by atoms with E-state index in [1.807, 2.05) is 66.7 Å². The van der Waals surface area contributed by atoms with Crippen LogP contribution < -0.4 is 30.7 Å². The van der Waals surface area contributed by atoms with Gasteiger partial charge in [0, 0.05) is 94.7 Å². The van der Waals surface area contributed by atoms with Gasteiger partial charge in [0.15, 0.2) is 0 Å². The van der Waals surface area contributed by atoms with Gasteiger partial charge in [0.25, 0.3) is 17.7 Å². The summed E-state index contributed by atoms with van der Waals surface area (Å²) in [6.45, 7) is 4.49. The van der Waals surface area contributed by atoms with Crippen LogP contribution in [0.3, 0.4) is 0 Å². The summed E-state index contributed by atoms with van der Waals surface area (Å²) in [5.41, 5.74) is 4.01. The molecule has 26 heteroatoms. The average Bonchev–Trinajstić information content (AvgIpc) is 4.44. The van der Waals surface area contributed by atoms with Crippen molar-refractivity contribution in [3.8, 4) is 0 Å². The van der Waals surface area contributed by atoms with Crippen molar-refractivity contribution in [3.05, 3.63) is 106 Å². The molecular weight excluding hydrogens is 1090 g/mol. The Bertz CT molecular complexity index is 3510. The number of urea groups is 3. The minimum atomic E-state index is -0.864. The second-order valence-electron chi connectivity index (χ2n) is 20.8. The van der Waals surface area contributed by atoms with Crippen LogP contribution in [0.5, 0.6) is 0 Å². The fraction of sp³-hybridized carbons (Fsp3) is 0.389. The molecule has 0 unspecified atom stereocenters. The topological polar surface area (TPSA) is 273 Å². The Balaban J connectivity index is 0.000000127. The lowest BCUT2D eigenvalue weighted by Gasteiger charge is -2.38. The maximum absolute atomic E-state index is 13.2. The number of carbonyl (C=O) groups is 6. The Labute approximate surface area is 473 Å². The van der Waals surface area contributed by atoms with E-state index in [1.165, 1.54) is 9.80 Å². The van der Waals surface area contributed by atoms with Crippen molar-refractivity contribution in [1.29, 1.82) is 0 Å². The van der Waals surface area contributed by atoms with E-state index in [-0.39, 0.29) is 49.5 Å². The number of benzene rings is 4. The van der Waals surface area contributed by atoms with Crippen LogP contribution >= 0.6 is 34.8 Å². The van der Waals surface area contributed by atoms with E-state index in [0.717, 1.165) is 60.2 Å². The molecule has 7 aromatic rings. The van der Waals surface area contributed by atoms with E-state index in [2.05, 4.69) is 61.2 Å². The van der Waals surface area contributed by atoms with Gasteiger partial charge < -0.3 is 40.5 Å². The third-order valence-electron chi connectivity index (χ3n) is 16.1. The highest BCUT2D eigenvalue weighted by Gasteiger charge is 2.55. The van der Waals surface area contributed by atoms with Gasteiger partial charge >= 0.3 is 18.1 Å². The van der Waals surface area contributed by atoms with Crippen molar-refractivity contribution < 1.29 is 38.6 Å². The lowest BCUT2D eigenvalue weighted by atomic mass is 9.87. The molecule has 0 bridgehead atoms. The van der Waals surface area contributed by atoms with Gasteiger partial charge in [-0.1, -0.05) is 65.1 Å². The smallest absolute Gasteiger partial charge is 0.325 e. The number of anilines is 3. The first-order valence-electron chi connectivity index (χ1n) is 26.3. The molecule has 3 aromatic heterocycles. The number of piperidine rings is 3. The van der Waals surface area contributed by atoms with Gasteiger partial charge in [-0.25, -0.2) is 14.4 Å². The van der Waals surface area contributed by atoms with Gasteiger partial charge in [-0.05, 0) is 80.5 Å². The number of amides is 9. The third kappa shape index (κ3) is 10.2. The van der Waals surface area contributed by atoms with E-state index in [0.29, 0.717) is 106 Å². The lowest BCUT2D eigenvalue weighted by molar-refractivity contribution is -0.133. The summed E-state index contributed by atoms with van der Waals surface area (Å²) < 4.78 is 4.99. The number of hydrogen-bond donors (Lipinski definition) is 7. The van der Waals surface area contributed by atoms with Crippen LogP contribution in [0, 0.1) is 0 Å². The molecule has 0 atom stereocenters. The Kier molecular flexibility index (Phi) is 15.0. The first-order valence-corrected chi connectivity index (χ1v) is 27.5. The molecule has 23 nitrogen and oxygen atoms in total. The molecule has 0 aliphatic carbocycles. The average molecular weight is 1150 g/mol. The van der Waals surface area contributed by atoms with Crippen molar-refractivity contribution in [2.45, 2.75) is 61.7 Å².